The van der Waals surface area contributed by atoms with Crippen molar-refractivity contribution in [3.8, 4) is 11.4 Å². The van der Waals surface area contributed by atoms with Crippen molar-refractivity contribution in [2.45, 2.75) is 0 Å². The lowest BCUT2D eigenvalue weighted by Gasteiger charge is -2.03. The Kier molecular flexibility index (Phi) is 3.06. The summed E-state index contributed by atoms with van der Waals surface area (Å²) in [5.74, 6) is -4.92. The fourth-order valence-electron chi connectivity index (χ4n) is 1.48. The predicted octanol–water partition coefficient (Wildman–Crippen LogP) is 1.46. The van der Waals surface area contributed by atoms with E-state index >= 15 is 0 Å². The van der Waals surface area contributed by atoms with Gasteiger partial charge in [0.15, 0.2) is 11.6 Å². The molecule has 1 aromatic carbocycles. The lowest BCUT2D eigenvalue weighted by atomic mass is 10.2. The molecule has 0 spiro atoms. The van der Waals surface area contributed by atoms with Crippen LogP contribution in [0.3, 0.4) is 0 Å². The summed E-state index contributed by atoms with van der Waals surface area (Å²) in [7, 11) is 0. The van der Waals surface area contributed by atoms with E-state index in [1.165, 1.54) is 0 Å². The van der Waals surface area contributed by atoms with Crippen LogP contribution in [0.1, 0.15) is 10.5 Å². The zero-order valence-corrected chi connectivity index (χ0v) is 9.45. The van der Waals surface area contributed by atoms with E-state index < -0.39 is 45.3 Å². The third kappa shape index (κ3) is 2.13. The van der Waals surface area contributed by atoms with E-state index in [-0.39, 0.29) is 6.07 Å². The monoisotopic (exact) mass is 285 g/mol. The molecular formula is C10H5F2N3O5. The molecule has 104 valence electrons. The molecule has 0 aliphatic carbocycles. The highest BCUT2D eigenvalue weighted by Crippen LogP contribution is 2.26. The number of nitro benzene ring substituents is 1. The first-order valence-electron chi connectivity index (χ1n) is 4.97. The number of aromatic nitrogens is 2. The quantitative estimate of drug-likeness (QED) is 0.651. The molecule has 0 atom stereocenters. The molecule has 0 unspecified atom stereocenters. The van der Waals surface area contributed by atoms with Gasteiger partial charge in [-0.3, -0.25) is 10.1 Å². The molecule has 1 aromatic heterocycles. The molecule has 8 nitrogen and oxygen atoms in total. The summed E-state index contributed by atoms with van der Waals surface area (Å²) in [5, 5.41) is 31.9. The summed E-state index contributed by atoms with van der Waals surface area (Å²) in [6.07, 6.45) is 0.740. The number of aromatic hydroxyl groups is 1. The molecule has 0 amide bonds. The van der Waals surface area contributed by atoms with Gasteiger partial charge in [0, 0.05) is 12.1 Å². The average Bonchev–Trinajstić information content (AvgIpc) is 2.70. The van der Waals surface area contributed by atoms with Crippen LogP contribution in [-0.2, 0) is 0 Å². The molecule has 2 rings (SSSR count). The van der Waals surface area contributed by atoms with E-state index in [0.717, 1.165) is 6.20 Å². The first kappa shape index (κ1) is 13.4. The molecule has 0 aliphatic rings. The first-order chi connectivity index (χ1) is 9.31. The van der Waals surface area contributed by atoms with Crippen molar-refractivity contribution in [3.05, 3.63) is 45.8 Å². The molecule has 2 aromatic rings. The van der Waals surface area contributed by atoms with Gasteiger partial charge in [0.05, 0.1) is 11.1 Å². The molecule has 1 heterocycles. The summed E-state index contributed by atoms with van der Waals surface area (Å²) < 4.78 is 27.3. The minimum atomic E-state index is -1.57. The van der Waals surface area contributed by atoms with Gasteiger partial charge in [-0.05, 0) is 0 Å². The second kappa shape index (κ2) is 4.57. The third-order valence-electron chi connectivity index (χ3n) is 2.36. The fourth-order valence-corrected chi connectivity index (χ4v) is 1.48. The Morgan fingerprint density at radius 3 is 2.50 bits per heavy atom. The maximum atomic E-state index is 13.6. The van der Waals surface area contributed by atoms with Crippen molar-refractivity contribution in [2.75, 3.05) is 0 Å². The van der Waals surface area contributed by atoms with Crippen molar-refractivity contribution in [1.82, 2.24) is 9.78 Å². The summed E-state index contributed by atoms with van der Waals surface area (Å²) in [5.41, 5.74) is -2.34. The normalized spacial score (nSPS) is 10.5. The molecule has 0 aliphatic heterocycles. The van der Waals surface area contributed by atoms with Gasteiger partial charge in [-0.15, -0.1) is 0 Å². The Labute approximate surface area is 108 Å². The highest BCUT2D eigenvalue weighted by Gasteiger charge is 2.22. The van der Waals surface area contributed by atoms with Gasteiger partial charge in [0.1, 0.15) is 5.69 Å². The third-order valence-corrected chi connectivity index (χ3v) is 2.36. The molecular weight excluding hydrogens is 280 g/mol. The van der Waals surface area contributed by atoms with Crippen LogP contribution in [0.5, 0.6) is 5.75 Å². The highest BCUT2D eigenvalue weighted by molar-refractivity contribution is 5.88. The number of hydrogen-bond donors (Lipinski definition) is 2. The van der Waals surface area contributed by atoms with Crippen molar-refractivity contribution in [3.63, 3.8) is 0 Å². The summed E-state index contributed by atoms with van der Waals surface area (Å²) in [4.78, 5) is 20.2. The first-order valence-corrected chi connectivity index (χ1v) is 4.97. The van der Waals surface area contributed by atoms with Crippen molar-refractivity contribution >= 4 is 11.7 Å². The second-order valence-corrected chi connectivity index (χ2v) is 3.62. The van der Waals surface area contributed by atoms with E-state index in [1.807, 2.05) is 0 Å². The van der Waals surface area contributed by atoms with E-state index in [1.54, 1.807) is 0 Å². The van der Waals surface area contributed by atoms with Crippen LogP contribution in [0.15, 0.2) is 18.3 Å². The van der Waals surface area contributed by atoms with Crippen LogP contribution < -0.4 is 0 Å². The lowest BCUT2D eigenvalue weighted by Crippen LogP contribution is -2.04. The van der Waals surface area contributed by atoms with Gasteiger partial charge >= 0.3 is 11.7 Å². The fraction of sp³-hybridized carbons (Fsp3) is 0. The number of carbonyl (C=O) groups is 1. The molecule has 0 radical (unpaired) electrons. The minimum absolute atomic E-state index is 0.270. The van der Waals surface area contributed by atoms with Gasteiger partial charge in [-0.25, -0.2) is 13.9 Å². The number of rotatable bonds is 3. The van der Waals surface area contributed by atoms with Gasteiger partial charge in [0.25, 0.3) is 0 Å². The number of benzene rings is 1. The minimum Gasteiger partial charge on any atom is -0.504 e. The number of hydrogen-bond acceptors (Lipinski definition) is 5. The van der Waals surface area contributed by atoms with Crippen molar-refractivity contribution < 1.29 is 28.7 Å². The Bertz CT molecular complexity index is 728. The number of nitrogens with zero attached hydrogens (tertiary/aromatic N) is 3. The van der Waals surface area contributed by atoms with Crippen LogP contribution in [0, 0.1) is 21.7 Å². The van der Waals surface area contributed by atoms with Crippen LogP contribution >= 0.6 is 0 Å². The highest BCUT2D eigenvalue weighted by atomic mass is 19.1. The van der Waals surface area contributed by atoms with Gasteiger partial charge in [0.2, 0.25) is 11.5 Å². The number of halogens is 2. The molecule has 0 saturated carbocycles. The van der Waals surface area contributed by atoms with Crippen LogP contribution in [0.25, 0.3) is 5.69 Å². The summed E-state index contributed by atoms with van der Waals surface area (Å²) >= 11 is 0. The van der Waals surface area contributed by atoms with Crippen LogP contribution in [-0.4, -0.2) is 30.9 Å². The van der Waals surface area contributed by atoms with E-state index in [4.69, 9.17) is 5.11 Å². The van der Waals surface area contributed by atoms with Crippen molar-refractivity contribution in [1.29, 1.82) is 0 Å². The zero-order chi connectivity index (χ0) is 15.0. The van der Waals surface area contributed by atoms with Gasteiger partial charge in [-0.1, -0.05) is 0 Å². The molecule has 20 heavy (non-hydrogen) atoms. The number of carboxylic acid groups (broad SMARTS) is 1. The van der Waals surface area contributed by atoms with E-state index in [0.29, 0.717) is 10.7 Å². The Hall–Kier alpha value is -3.04. The molecule has 10 heteroatoms. The SMILES string of the molecule is O=C(O)c1nn(-c2cc([N+](=O)[O-])c(F)cc2F)cc1O. The maximum absolute atomic E-state index is 13.6. The van der Waals surface area contributed by atoms with E-state index in [2.05, 4.69) is 5.10 Å². The molecule has 0 fully saturated rings. The second-order valence-electron chi connectivity index (χ2n) is 3.62. The molecule has 2 N–H and O–H groups in total. The van der Waals surface area contributed by atoms with Crippen LogP contribution in [0.2, 0.25) is 0 Å². The largest absolute Gasteiger partial charge is 0.504 e. The maximum Gasteiger partial charge on any atom is 0.360 e. The number of nitro groups is 1. The molecule has 0 bridgehead atoms. The summed E-state index contributed by atoms with van der Waals surface area (Å²) in [6.45, 7) is 0. The van der Waals surface area contributed by atoms with Gasteiger partial charge < -0.3 is 10.2 Å². The average molecular weight is 285 g/mol. The Morgan fingerprint density at radius 2 is 2.00 bits per heavy atom. The lowest BCUT2D eigenvalue weighted by molar-refractivity contribution is -0.387. The van der Waals surface area contributed by atoms with Crippen LogP contribution in [0.4, 0.5) is 14.5 Å². The zero-order valence-electron chi connectivity index (χ0n) is 9.45. The topological polar surface area (TPSA) is 118 Å². The van der Waals surface area contributed by atoms with Crippen molar-refractivity contribution in [2.24, 2.45) is 0 Å². The number of carboxylic acids is 1. The summed E-state index contributed by atoms with van der Waals surface area (Å²) in [6, 6.07) is 0.815. The Balaban J connectivity index is 2.63. The smallest absolute Gasteiger partial charge is 0.360 e. The Morgan fingerprint density at radius 1 is 1.35 bits per heavy atom. The molecule has 0 saturated heterocycles. The number of aromatic carboxylic acids is 1. The van der Waals surface area contributed by atoms with Gasteiger partial charge in [-0.2, -0.15) is 9.49 Å². The standard InChI is InChI=1S/C10H5F2N3O5/c11-4-1-5(12)7(15(19)20)2-6(4)14-3-8(16)9(13-14)10(17)18/h1-3,16H,(H,17,18). The predicted molar refractivity (Wildman–Crippen MR) is 58.8 cm³/mol. The van der Waals surface area contributed by atoms with E-state index in [9.17, 15) is 28.8 Å².